The molecule has 90 valence electrons. The normalized spacial score (nSPS) is 12.9. The molecule has 16 heavy (non-hydrogen) atoms. The Labute approximate surface area is 98.3 Å². The predicted octanol–water partition coefficient (Wildman–Crippen LogP) is 3.05. The summed E-state index contributed by atoms with van der Waals surface area (Å²) in [6.07, 6.45) is 0.312. The van der Waals surface area contributed by atoms with E-state index >= 15 is 0 Å². The summed E-state index contributed by atoms with van der Waals surface area (Å²) in [5, 5.41) is 9.57. The molecule has 1 rings (SSSR count). The number of aliphatic hydroxyl groups is 1. The van der Waals surface area contributed by atoms with Crippen molar-refractivity contribution in [3.05, 3.63) is 28.8 Å². The number of aliphatic hydroxyl groups excluding tert-OH is 1. The zero-order valence-electron chi connectivity index (χ0n) is 10.9. The molecule has 2 heteroatoms. The van der Waals surface area contributed by atoms with E-state index in [1.54, 1.807) is 7.11 Å². The van der Waals surface area contributed by atoms with E-state index < -0.39 is 0 Å². The van der Waals surface area contributed by atoms with Crippen molar-refractivity contribution < 1.29 is 9.84 Å². The van der Waals surface area contributed by atoms with Crippen LogP contribution in [0.25, 0.3) is 0 Å². The summed E-state index contributed by atoms with van der Waals surface area (Å²) in [5.74, 6) is 1.37. The first-order valence-electron chi connectivity index (χ1n) is 5.81. The monoisotopic (exact) mass is 222 g/mol. The first-order valence-corrected chi connectivity index (χ1v) is 5.81. The van der Waals surface area contributed by atoms with E-state index in [9.17, 15) is 5.11 Å². The number of aryl methyl sites for hydroxylation is 1. The van der Waals surface area contributed by atoms with Gasteiger partial charge in [0.05, 0.1) is 13.2 Å². The Morgan fingerprint density at radius 1 is 1.25 bits per heavy atom. The van der Waals surface area contributed by atoms with Crippen LogP contribution in [0, 0.1) is 6.92 Å². The van der Waals surface area contributed by atoms with E-state index in [-0.39, 0.29) is 6.10 Å². The Morgan fingerprint density at radius 3 is 2.31 bits per heavy atom. The molecule has 0 aliphatic heterocycles. The lowest BCUT2D eigenvalue weighted by molar-refractivity contribution is 0.193. The molecule has 1 atom stereocenters. The van der Waals surface area contributed by atoms with Crippen LogP contribution < -0.4 is 4.74 Å². The summed E-state index contributed by atoms with van der Waals surface area (Å²) >= 11 is 0. The molecule has 0 radical (unpaired) electrons. The van der Waals surface area contributed by atoms with Crippen LogP contribution in [0.4, 0.5) is 0 Å². The minimum atomic E-state index is -0.340. The second-order valence-electron chi connectivity index (χ2n) is 4.69. The lowest BCUT2D eigenvalue weighted by Crippen LogP contribution is -2.10. The van der Waals surface area contributed by atoms with Gasteiger partial charge in [0.2, 0.25) is 0 Å². The van der Waals surface area contributed by atoms with Gasteiger partial charge in [-0.2, -0.15) is 0 Å². The average Bonchev–Trinajstić information content (AvgIpc) is 2.16. The fourth-order valence-corrected chi connectivity index (χ4v) is 2.09. The number of benzene rings is 1. The van der Waals surface area contributed by atoms with E-state index in [0.29, 0.717) is 12.3 Å². The number of methoxy groups -OCH3 is 1. The molecule has 0 amide bonds. The highest BCUT2D eigenvalue weighted by atomic mass is 16.5. The predicted molar refractivity (Wildman–Crippen MR) is 67.2 cm³/mol. The van der Waals surface area contributed by atoms with Gasteiger partial charge in [-0.3, -0.25) is 0 Å². The van der Waals surface area contributed by atoms with Crippen LogP contribution in [0.1, 0.15) is 43.4 Å². The Balaban J connectivity index is 3.29. The Hall–Kier alpha value is -1.02. The molecule has 2 nitrogen and oxygen atoms in total. The third-order valence-corrected chi connectivity index (χ3v) is 2.82. The Bertz CT molecular complexity index is 354. The third-order valence-electron chi connectivity index (χ3n) is 2.82. The fourth-order valence-electron chi connectivity index (χ4n) is 2.09. The van der Waals surface area contributed by atoms with Crippen molar-refractivity contribution in [3.63, 3.8) is 0 Å². The topological polar surface area (TPSA) is 29.5 Å². The molecule has 0 fully saturated rings. The second kappa shape index (κ2) is 5.35. The van der Waals surface area contributed by atoms with E-state index in [4.69, 9.17) is 4.74 Å². The molecule has 0 aliphatic carbocycles. The molecule has 1 aromatic carbocycles. The lowest BCUT2D eigenvalue weighted by Gasteiger charge is -2.19. The minimum absolute atomic E-state index is 0.340. The van der Waals surface area contributed by atoms with Crippen molar-refractivity contribution in [1.29, 1.82) is 0 Å². The van der Waals surface area contributed by atoms with Crippen molar-refractivity contribution in [2.75, 3.05) is 7.11 Å². The van der Waals surface area contributed by atoms with Crippen molar-refractivity contribution in [2.45, 2.75) is 46.1 Å². The van der Waals surface area contributed by atoms with Gasteiger partial charge >= 0.3 is 0 Å². The van der Waals surface area contributed by atoms with Gasteiger partial charge < -0.3 is 9.84 Å². The molecular weight excluding hydrogens is 200 g/mol. The zero-order chi connectivity index (χ0) is 12.3. The van der Waals surface area contributed by atoms with Crippen LogP contribution in [0.5, 0.6) is 5.75 Å². The van der Waals surface area contributed by atoms with Gasteiger partial charge in [-0.1, -0.05) is 26.0 Å². The number of hydrogen-bond acceptors (Lipinski definition) is 2. The molecule has 0 heterocycles. The summed E-state index contributed by atoms with van der Waals surface area (Å²) in [6, 6.07) is 4.22. The summed E-state index contributed by atoms with van der Waals surface area (Å²) < 4.78 is 5.46. The van der Waals surface area contributed by atoms with Crippen LogP contribution in [-0.4, -0.2) is 18.3 Å². The molecule has 0 saturated carbocycles. The first-order chi connectivity index (χ1) is 7.47. The van der Waals surface area contributed by atoms with Gasteiger partial charge in [0.1, 0.15) is 5.75 Å². The first kappa shape index (κ1) is 13.0. The second-order valence-corrected chi connectivity index (χ2v) is 4.69. The quantitative estimate of drug-likeness (QED) is 0.848. The van der Waals surface area contributed by atoms with E-state index in [1.165, 1.54) is 5.56 Å². The standard InChI is InChI=1S/C14H22O2/c1-9(2)12-7-6-10(3)14(16-5)13(12)8-11(4)15/h6-7,9,11,15H,8H2,1-5H3. The average molecular weight is 222 g/mol. The van der Waals surface area contributed by atoms with Crippen molar-refractivity contribution in [1.82, 2.24) is 0 Å². The number of ether oxygens (including phenoxy) is 1. The van der Waals surface area contributed by atoms with Gasteiger partial charge in [-0.15, -0.1) is 0 Å². The maximum atomic E-state index is 9.57. The van der Waals surface area contributed by atoms with E-state index in [0.717, 1.165) is 16.9 Å². The Kier molecular flexibility index (Phi) is 4.36. The molecule has 0 bridgehead atoms. The van der Waals surface area contributed by atoms with Crippen molar-refractivity contribution in [2.24, 2.45) is 0 Å². The highest BCUT2D eigenvalue weighted by Gasteiger charge is 2.15. The van der Waals surface area contributed by atoms with E-state index in [1.807, 2.05) is 13.8 Å². The molecule has 1 N–H and O–H groups in total. The molecule has 1 aromatic rings. The zero-order valence-corrected chi connectivity index (χ0v) is 10.9. The number of hydrogen-bond donors (Lipinski definition) is 1. The molecule has 0 spiro atoms. The van der Waals surface area contributed by atoms with Gasteiger partial charge in [0, 0.05) is 12.0 Å². The summed E-state index contributed by atoms with van der Waals surface area (Å²) in [5.41, 5.74) is 3.54. The summed E-state index contributed by atoms with van der Waals surface area (Å²) in [6.45, 7) is 8.17. The lowest BCUT2D eigenvalue weighted by atomic mass is 9.91. The molecule has 0 aliphatic rings. The molecule has 0 saturated heterocycles. The third kappa shape index (κ3) is 2.76. The maximum Gasteiger partial charge on any atom is 0.125 e. The van der Waals surface area contributed by atoms with Crippen molar-refractivity contribution >= 4 is 0 Å². The van der Waals surface area contributed by atoms with Crippen LogP contribution in [0.15, 0.2) is 12.1 Å². The van der Waals surface area contributed by atoms with Gasteiger partial charge in [-0.05, 0) is 30.9 Å². The van der Waals surface area contributed by atoms with Gasteiger partial charge in [0.15, 0.2) is 0 Å². The highest BCUT2D eigenvalue weighted by Crippen LogP contribution is 2.32. The SMILES string of the molecule is COc1c(C)ccc(C(C)C)c1CC(C)O. The largest absolute Gasteiger partial charge is 0.496 e. The van der Waals surface area contributed by atoms with Crippen LogP contribution >= 0.6 is 0 Å². The van der Waals surface area contributed by atoms with Gasteiger partial charge in [-0.25, -0.2) is 0 Å². The van der Waals surface area contributed by atoms with Crippen LogP contribution in [0.3, 0.4) is 0 Å². The van der Waals surface area contributed by atoms with Crippen LogP contribution in [0.2, 0.25) is 0 Å². The molecular formula is C14H22O2. The number of rotatable bonds is 4. The highest BCUT2D eigenvalue weighted by molar-refractivity contribution is 5.47. The van der Waals surface area contributed by atoms with Gasteiger partial charge in [0.25, 0.3) is 0 Å². The van der Waals surface area contributed by atoms with E-state index in [2.05, 4.69) is 26.0 Å². The van der Waals surface area contributed by atoms with Crippen LogP contribution in [-0.2, 0) is 6.42 Å². The Morgan fingerprint density at radius 2 is 1.88 bits per heavy atom. The minimum Gasteiger partial charge on any atom is -0.496 e. The maximum absolute atomic E-state index is 9.57. The summed E-state index contributed by atoms with van der Waals surface area (Å²) in [7, 11) is 1.69. The van der Waals surface area contributed by atoms with Crippen molar-refractivity contribution in [3.8, 4) is 5.75 Å². The smallest absolute Gasteiger partial charge is 0.125 e. The fraction of sp³-hybridized carbons (Fsp3) is 0.571. The molecule has 0 aromatic heterocycles. The summed E-state index contributed by atoms with van der Waals surface area (Å²) in [4.78, 5) is 0. The molecule has 1 unspecified atom stereocenters.